The van der Waals surface area contributed by atoms with Crippen LogP contribution in [0.1, 0.15) is 42.9 Å². The van der Waals surface area contributed by atoms with Crippen LogP contribution in [0, 0.1) is 12.7 Å². The summed E-state index contributed by atoms with van der Waals surface area (Å²) in [6, 6.07) is 14.7. The van der Waals surface area contributed by atoms with Crippen LogP contribution in [0.25, 0.3) is 10.9 Å². The number of piperidine rings is 1. The van der Waals surface area contributed by atoms with Crippen molar-refractivity contribution in [3.8, 4) is 0 Å². The van der Waals surface area contributed by atoms with Gasteiger partial charge in [-0.3, -0.25) is 4.79 Å². The fraction of sp³-hybridized carbons (Fsp3) is 0.407. The molecule has 1 aliphatic heterocycles. The lowest BCUT2D eigenvalue weighted by Gasteiger charge is -2.33. The van der Waals surface area contributed by atoms with Crippen molar-refractivity contribution >= 4 is 22.6 Å². The quantitative estimate of drug-likeness (QED) is 0.572. The first kappa shape index (κ1) is 23.2. The number of benzene rings is 2. The number of β-amino-alcohol motifs (C(OH)–C–C–N with tert-alkyl or cyclic N) is 1. The van der Waals surface area contributed by atoms with Gasteiger partial charge < -0.3 is 14.9 Å². The zero-order valence-corrected chi connectivity index (χ0v) is 19.4. The summed E-state index contributed by atoms with van der Waals surface area (Å²) in [5.74, 6) is 0.670. The third-order valence-electron chi connectivity index (χ3n) is 6.40. The summed E-state index contributed by atoms with van der Waals surface area (Å²) < 4.78 is 13.3. The van der Waals surface area contributed by atoms with Gasteiger partial charge in [-0.2, -0.15) is 0 Å². The molecule has 1 amide bonds. The van der Waals surface area contributed by atoms with E-state index in [-0.39, 0.29) is 17.8 Å². The number of aliphatic hydroxyl groups excluding tert-OH is 1. The second-order valence-corrected chi connectivity index (χ2v) is 8.91. The number of carbonyl (C=O) groups excluding carboxylic acids is 1. The molecule has 1 fully saturated rings. The van der Waals surface area contributed by atoms with Crippen molar-refractivity contribution in [3.63, 3.8) is 0 Å². The molecule has 33 heavy (non-hydrogen) atoms. The Morgan fingerprint density at radius 1 is 1.24 bits per heavy atom. The lowest BCUT2D eigenvalue weighted by molar-refractivity contribution is -0.131. The molecule has 2 aromatic carbocycles. The lowest BCUT2D eigenvalue weighted by atomic mass is 10.0. The van der Waals surface area contributed by atoms with E-state index in [1.165, 1.54) is 12.1 Å². The van der Waals surface area contributed by atoms with E-state index < -0.39 is 0 Å². The summed E-state index contributed by atoms with van der Waals surface area (Å²) in [5, 5.41) is 11.3. The van der Waals surface area contributed by atoms with Gasteiger partial charge in [-0.1, -0.05) is 37.3 Å². The molecule has 0 spiro atoms. The normalized spacial score (nSPS) is 16.2. The van der Waals surface area contributed by atoms with Gasteiger partial charge in [-0.05, 0) is 55.5 Å². The number of para-hydroxylation sites is 1. The van der Waals surface area contributed by atoms with Crippen molar-refractivity contribution < 1.29 is 14.3 Å². The number of aryl methyl sites for hydroxylation is 1. The van der Waals surface area contributed by atoms with Gasteiger partial charge in [0, 0.05) is 43.5 Å². The lowest BCUT2D eigenvalue weighted by Crippen LogP contribution is -2.40. The summed E-state index contributed by atoms with van der Waals surface area (Å²) in [4.78, 5) is 21.9. The predicted octanol–water partition coefficient (Wildman–Crippen LogP) is 4.62. The van der Waals surface area contributed by atoms with Crippen molar-refractivity contribution in [2.45, 2.75) is 52.2 Å². The molecule has 174 valence electrons. The van der Waals surface area contributed by atoms with E-state index >= 15 is 0 Å². The number of hydrogen-bond donors (Lipinski definition) is 1. The average molecular weight is 450 g/mol. The van der Waals surface area contributed by atoms with Gasteiger partial charge >= 0.3 is 0 Å². The van der Waals surface area contributed by atoms with Crippen molar-refractivity contribution in [1.29, 1.82) is 0 Å². The Morgan fingerprint density at radius 2 is 2.03 bits per heavy atom. The number of fused-ring (bicyclic) bond motifs is 1. The molecule has 0 bridgehead atoms. The summed E-state index contributed by atoms with van der Waals surface area (Å²) in [7, 11) is 0. The number of pyridine rings is 1. The Kier molecular flexibility index (Phi) is 7.23. The average Bonchev–Trinajstić information content (AvgIpc) is 2.82. The molecular weight excluding hydrogens is 417 g/mol. The van der Waals surface area contributed by atoms with Crippen LogP contribution in [0.5, 0.6) is 0 Å². The highest BCUT2D eigenvalue weighted by atomic mass is 19.1. The molecule has 1 atom stereocenters. The first-order valence-electron chi connectivity index (χ1n) is 11.8. The van der Waals surface area contributed by atoms with E-state index in [1.54, 1.807) is 12.1 Å². The van der Waals surface area contributed by atoms with Crippen LogP contribution in [-0.4, -0.2) is 46.6 Å². The third-order valence-corrected chi connectivity index (χ3v) is 6.40. The zero-order chi connectivity index (χ0) is 23.4. The van der Waals surface area contributed by atoms with Gasteiger partial charge in [0.15, 0.2) is 0 Å². The summed E-state index contributed by atoms with van der Waals surface area (Å²) in [5.41, 5.74) is 4.05. The maximum absolute atomic E-state index is 13.3. The van der Waals surface area contributed by atoms with Crippen molar-refractivity contribution in [2.75, 3.05) is 24.5 Å². The second-order valence-electron chi connectivity index (χ2n) is 8.91. The number of hydrogen-bond acceptors (Lipinski definition) is 4. The first-order valence-corrected chi connectivity index (χ1v) is 11.8. The topological polar surface area (TPSA) is 56.7 Å². The largest absolute Gasteiger partial charge is 0.391 e. The Hall–Kier alpha value is -2.99. The molecule has 2 heterocycles. The van der Waals surface area contributed by atoms with Crippen LogP contribution in [0.15, 0.2) is 48.5 Å². The van der Waals surface area contributed by atoms with Crippen LogP contribution in [-0.2, 0) is 17.8 Å². The smallest absolute Gasteiger partial charge is 0.222 e. The molecule has 5 nitrogen and oxygen atoms in total. The first-order chi connectivity index (χ1) is 15.9. The Bertz CT molecular complexity index is 1120. The molecule has 3 aromatic rings. The Labute approximate surface area is 194 Å². The van der Waals surface area contributed by atoms with Crippen LogP contribution in [0.4, 0.5) is 10.2 Å². The fourth-order valence-corrected chi connectivity index (χ4v) is 4.55. The molecule has 6 heteroatoms. The number of nitrogens with zero attached hydrogens (tertiary/aromatic N) is 3. The van der Waals surface area contributed by atoms with E-state index in [1.807, 2.05) is 17.9 Å². The molecule has 0 aliphatic carbocycles. The molecule has 1 saturated heterocycles. The van der Waals surface area contributed by atoms with Crippen LogP contribution in [0.3, 0.4) is 0 Å². The monoisotopic (exact) mass is 449 g/mol. The van der Waals surface area contributed by atoms with Crippen molar-refractivity contribution in [1.82, 2.24) is 9.88 Å². The van der Waals surface area contributed by atoms with E-state index in [2.05, 4.69) is 30.0 Å². The molecule has 0 saturated carbocycles. The van der Waals surface area contributed by atoms with Gasteiger partial charge in [0.2, 0.25) is 5.91 Å². The number of carbonyl (C=O) groups is 1. The molecule has 1 aromatic heterocycles. The number of halogens is 1. The van der Waals surface area contributed by atoms with Crippen molar-refractivity contribution in [3.05, 3.63) is 71.0 Å². The molecule has 0 unspecified atom stereocenters. The highest BCUT2D eigenvalue weighted by Crippen LogP contribution is 2.29. The minimum Gasteiger partial charge on any atom is -0.391 e. The number of amides is 1. The van der Waals surface area contributed by atoms with Crippen LogP contribution >= 0.6 is 0 Å². The molecule has 0 radical (unpaired) electrons. The summed E-state index contributed by atoms with van der Waals surface area (Å²) in [6.07, 6.45) is 2.42. The van der Waals surface area contributed by atoms with Gasteiger partial charge in [-0.15, -0.1) is 0 Å². The van der Waals surface area contributed by atoms with Gasteiger partial charge in [0.1, 0.15) is 11.6 Å². The highest BCUT2D eigenvalue weighted by Gasteiger charge is 2.24. The number of rotatable bonds is 7. The summed E-state index contributed by atoms with van der Waals surface area (Å²) >= 11 is 0. The number of aliphatic hydroxyl groups is 1. The second kappa shape index (κ2) is 10.3. The van der Waals surface area contributed by atoms with E-state index in [9.17, 15) is 14.3 Å². The molecule has 1 N–H and O–H groups in total. The minimum atomic E-state index is -0.368. The Morgan fingerprint density at radius 3 is 2.76 bits per heavy atom. The molecule has 1 aliphatic rings. The fourth-order valence-electron chi connectivity index (χ4n) is 4.55. The van der Waals surface area contributed by atoms with Crippen LogP contribution in [0.2, 0.25) is 0 Å². The van der Waals surface area contributed by atoms with E-state index in [0.717, 1.165) is 52.8 Å². The third kappa shape index (κ3) is 5.50. The molecular formula is C27H32FN3O2. The van der Waals surface area contributed by atoms with E-state index in [0.29, 0.717) is 32.5 Å². The van der Waals surface area contributed by atoms with E-state index in [4.69, 9.17) is 4.98 Å². The SMILES string of the molecule is CCC(=O)N(CCc1ccc(F)cc1)Cc1cc2cccc(C)c2nc1N1CCC[C@H](O)C1. The van der Waals surface area contributed by atoms with Crippen LogP contribution < -0.4 is 4.90 Å². The van der Waals surface area contributed by atoms with Gasteiger partial charge in [0.05, 0.1) is 11.6 Å². The minimum absolute atomic E-state index is 0.0751. The number of anilines is 1. The van der Waals surface area contributed by atoms with Gasteiger partial charge in [0.25, 0.3) is 0 Å². The number of aromatic nitrogens is 1. The maximum atomic E-state index is 13.3. The zero-order valence-electron chi connectivity index (χ0n) is 19.4. The Balaban J connectivity index is 1.66. The summed E-state index contributed by atoms with van der Waals surface area (Å²) in [6.45, 7) is 6.32. The highest BCUT2D eigenvalue weighted by molar-refractivity contribution is 5.85. The van der Waals surface area contributed by atoms with Crippen molar-refractivity contribution in [2.24, 2.45) is 0 Å². The molecule has 4 rings (SSSR count). The van der Waals surface area contributed by atoms with Gasteiger partial charge in [-0.25, -0.2) is 9.37 Å². The standard InChI is InChI=1S/C27H32FN3O2/c1-3-25(33)30(15-13-20-9-11-23(28)12-10-20)17-22-16-21-7-4-6-19(2)26(21)29-27(22)31-14-5-8-24(32)18-31/h4,6-7,9-12,16,24,32H,3,5,8,13-15,17-18H2,1-2H3/t24-/m0/s1. The maximum Gasteiger partial charge on any atom is 0.222 e. The predicted molar refractivity (Wildman–Crippen MR) is 130 cm³/mol.